The van der Waals surface area contributed by atoms with Crippen LogP contribution in [0.2, 0.25) is 0 Å². The van der Waals surface area contributed by atoms with Gasteiger partial charge in [0.25, 0.3) is 0 Å². The highest BCUT2D eigenvalue weighted by Gasteiger charge is 2.23. The van der Waals surface area contributed by atoms with Gasteiger partial charge in [0.05, 0.1) is 0 Å². The minimum atomic E-state index is -0.849. The lowest BCUT2D eigenvalue weighted by Gasteiger charge is -2.32. The lowest BCUT2D eigenvalue weighted by Crippen LogP contribution is -2.41. The highest BCUT2D eigenvalue weighted by molar-refractivity contribution is 5.76. The fourth-order valence-corrected chi connectivity index (χ4v) is 2.22. The fraction of sp³-hybridized carbons (Fsp3) is 0.846. The summed E-state index contributed by atoms with van der Waals surface area (Å²) < 4.78 is 0. The van der Waals surface area contributed by atoms with E-state index in [1.807, 2.05) is 14.1 Å². The summed E-state index contributed by atoms with van der Waals surface area (Å²) in [6.07, 6.45) is 0.772. The minimum absolute atomic E-state index is 0.0167. The molecule has 0 unspecified atom stereocenters. The standard InChI is InChI=1S/C13H26N2O3/c1-13(2,9-14(3)4)10-15(5)11(16)7-6-8-12(17)18/h6-10H2,1-5H3,(H,17,18). The first-order valence-electron chi connectivity index (χ1n) is 6.24. The first-order valence-corrected chi connectivity index (χ1v) is 6.24. The molecule has 1 N–H and O–H groups in total. The number of carboxylic acid groups (broad SMARTS) is 1. The summed E-state index contributed by atoms with van der Waals surface area (Å²) in [7, 11) is 5.80. The number of carbonyl (C=O) groups excluding carboxylic acids is 1. The zero-order chi connectivity index (χ0) is 14.3. The second kappa shape index (κ2) is 7.36. The SMILES string of the molecule is CN(C)CC(C)(C)CN(C)C(=O)CCCC(=O)O. The van der Waals surface area contributed by atoms with Crippen LogP contribution >= 0.6 is 0 Å². The molecule has 18 heavy (non-hydrogen) atoms. The second-order valence-corrected chi connectivity index (χ2v) is 5.90. The van der Waals surface area contributed by atoms with Crippen LogP contribution in [0.5, 0.6) is 0 Å². The first kappa shape index (κ1) is 16.9. The number of carboxylic acids is 1. The van der Waals surface area contributed by atoms with Gasteiger partial charge in [-0.1, -0.05) is 13.8 Å². The van der Waals surface area contributed by atoms with Gasteiger partial charge in [-0.05, 0) is 25.9 Å². The third kappa shape index (κ3) is 8.06. The summed E-state index contributed by atoms with van der Waals surface area (Å²) in [4.78, 5) is 26.0. The molecular formula is C13H26N2O3. The molecule has 106 valence electrons. The molecule has 0 aromatic rings. The summed E-state index contributed by atoms with van der Waals surface area (Å²) >= 11 is 0. The maximum absolute atomic E-state index is 11.8. The van der Waals surface area contributed by atoms with Gasteiger partial charge in [0.2, 0.25) is 5.91 Å². The van der Waals surface area contributed by atoms with E-state index in [-0.39, 0.29) is 17.7 Å². The number of hydrogen-bond donors (Lipinski definition) is 1. The van der Waals surface area contributed by atoms with Crippen molar-refractivity contribution in [2.75, 3.05) is 34.2 Å². The largest absolute Gasteiger partial charge is 0.481 e. The molecule has 5 nitrogen and oxygen atoms in total. The van der Waals surface area contributed by atoms with Gasteiger partial charge in [0.15, 0.2) is 0 Å². The molecule has 0 rings (SSSR count). The van der Waals surface area contributed by atoms with Gasteiger partial charge < -0.3 is 14.9 Å². The lowest BCUT2D eigenvalue weighted by atomic mass is 9.92. The minimum Gasteiger partial charge on any atom is -0.481 e. The quantitative estimate of drug-likeness (QED) is 0.712. The van der Waals surface area contributed by atoms with Gasteiger partial charge in [0, 0.05) is 33.0 Å². The highest BCUT2D eigenvalue weighted by atomic mass is 16.4. The predicted molar refractivity (Wildman–Crippen MR) is 71.5 cm³/mol. The van der Waals surface area contributed by atoms with E-state index < -0.39 is 5.97 Å². The Labute approximate surface area is 110 Å². The van der Waals surface area contributed by atoms with Crippen LogP contribution in [0.1, 0.15) is 33.1 Å². The molecule has 5 heteroatoms. The maximum Gasteiger partial charge on any atom is 0.303 e. The molecule has 0 aromatic heterocycles. The Balaban J connectivity index is 4.10. The molecule has 0 radical (unpaired) electrons. The van der Waals surface area contributed by atoms with Crippen molar-refractivity contribution in [1.29, 1.82) is 0 Å². The van der Waals surface area contributed by atoms with Crippen LogP contribution in [-0.4, -0.2) is 61.0 Å². The van der Waals surface area contributed by atoms with E-state index >= 15 is 0 Å². The van der Waals surface area contributed by atoms with Gasteiger partial charge >= 0.3 is 5.97 Å². The van der Waals surface area contributed by atoms with Gasteiger partial charge in [-0.3, -0.25) is 9.59 Å². The van der Waals surface area contributed by atoms with Crippen LogP contribution < -0.4 is 0 Å². The van der Waals surface area contributed by atoms with E-state index in [1.165, 1.54) is 0 Å². The molecule has 0 saturated heterocycles. The smallest absolute Gasteiger partial charge is 0.303 e. The van der Waals surface area contributed by atoms with Crippen molar-refractivity contribution < 1.29 is 14.7 Å². The molecule has 0 atom stereocenters. The van der Waals surface area contributed by atoms with Crippen molar-refractivity contribution in [3.63, 3.8) is 0 Å². The summed E-state index contributed by atoms with van der Waals surface area (Å²) in [6, 6.07) is 0. The third-order valence-corrected chi connectivity index (χ3v) is 2.62. The Hall–Kier alpha value is -1.10. The van der Waals surface area contributed by atoms with E-state index in [0.29, 0.717) is 19.4 Å². The molecule has 0 heterocycles. The normalized spacial score (nSPS) is 11.7. The van der Waals surface area contributed by atoms with Crippen molar-refractivity contribution in [3.05, 3.63) is 0 Å². The average molecular weight is 258 g/mol. The molecule has 0 fully saturated rings. The van der Waals surface area contributed by atoms with Crippen molar-refractivity contribution in [2.45, 2.75) is 33.1 Å². The van der Waals surface area contributed by atoms with Crippen LogP contribution in [0.3, 0.4) is 0 Å². The summed E-state index contributed by atoms with van der Waals surface area (Å²) in [6.45, 7) is 5.82. The molecule has 0 aliphatic carbocycles. The van der Waals surface area contributed by atoms with Gasteiger partial charge in [0.1, 0.15) is 0 Å². The summed E-state index contributed by atoms with van der Waals surface area (Å²) in [5.74, 6) is -0.832. The second-order valence-electron chi connectivity index (χ2n) is 5.90. The molecule has 0 aromatic carbocycles. The van der Waals surface area contributed by atoms with Crippen LogP contribution in [0.25, 0.3) is 0 Å². The van der Waals surface area contributed by atoms with E-state index in [0.717, 1.165) is 6.54 Å². The van der Waals surface area contributed by atoms with Crippen LogP contribution in [0.15, 0.2) is 0 Å². The third-order valence-electron chi connectivity index (χ3n) is 2.62. The highest BCUT2D eigenvalue weighted by Crippen LogP contribution is 2.17. The first-order chi connectivity index (χ1) is 8.14. The molecule has 0 aliphatic rings. The number of carbonyl (C=O) groups is 2. The predicted octanol–water partition coefficient (Wildman–Crippen LogP) is 1.29. The number of amides is 1. The van der Waals surface area contributed by atoms with Gasteiger partial charge in [-0.2, -0.15) is 0 Å². The number of nitrogens with zero attached hydrogens (tertiary/aromatic N) is 2. The fourth-order valence-electron chi connectivity index (χ4n) is 2.22. The van der Waals surface area contributed by atoms with Crippen LogP contribution in [-0.2, 0) is 9.59 Å². The zero-order valence-electron chi connectivity index (χ0n) is 12.2. The monoisotopic (exact) mass is 258 g/mol. The Bertz CT molecular complexity index is 288. The van der Waals surface area contributed by atoms with Gasteiger partial charge in [-0.15, -0.1) is 0 Å². The molecule has 0 spiro atoms. The molecular weight excluding hydrogens is 232 g/mol. The number of hydrogen-bond acceptors (Lipinski definition) is 3. The Morgan fingerprint density at radius 2 is 1.61 bits per heavy atom. The van der Waals surface area contributed by atoms with E-state index in [4.69, 9.17) is 5.11 Å². The molecule has 0 aliphatic heterocycles. The maximum atomic E-state index is 11.8. The lowest BCUT2D eigenvalue weighted by molar-refractivity contribution is -0.137. The summed E-state index contributed by atoms with van der Waals surface area (Å²) in [5, 5.41) is 8.52. The van der Waals surface area contributed by atoms with Crippen molar-refractivity contribution in [2.24, 2.45) is 5.41 Å². The molecule has 0 bridgehead atoms. The molecule has 0 saturated carbocycles. The van der Waals surface area contributed by atoms with Crippen LogP contribution in [0, 0.1) is 5.41 Å². The number of rotatable bonds is 8. The van der Waals surface area contributed by atoms with Gasteiger partial charge in [-0.25, -0.2) is 0 Å². The van der Waals surface area contributed by atoms with Crippen LogP contribution in [0.4, 0.5) is 0 Å². The Kier molecular flexibility index (Phi) is 6.91. The van der Waals surface area contributed by atoms with E-state index in [1.54, 1.807) is 11.9 Å². The van der Waals surface area contributed by atoms with E-state index in [9.17, 15) is 9.59 Å². The molecule has 1 amide bonds. The summed E-state index contributed by atoms with van der Waals surface area (Å²) in [5.41, 5.74) is 0.0285. The van der Waals surface area contributed by atoms with E-state index in [2.05, 4.69) is 18.7 Å². The zero-order valence-corrected chi connectivity index (χ0v) is 12.2. The van der Waals surface area contributed by atoms with Crippen molar-refractivity contribution in [3.8, 4) is 0 Å². The topological polar surface area (TPSA) is 60.9 Å². The Morgan fingerprint density at radius 1 is 1.06 bits per heavy atom. The Morgan fingerprint density at radius 3 is 2.06 bits per heavy atom. The van der Waals surface area contributed by atoms with Crippen molar-refractivity contribution >= 4 is 11.9 Å². The van der Waals surface area contributed by atoms with Crippen molar-refractivity contribution in [1.82, 2.24) is 9.80 Å². The average Bonchev–Trinajstić information content (AvgIpc) is 2.13. The number of aliphatic carboxylic acids is 1.